The van der Waals surface area contributed by atoms with E-state index in [0.29, 0.717) is 65.6 Å². The van der Waals surface area contributed by atoms with Crippen molar-refractivity contribution < 1.29 is 27.4 Å². The first-order valence-electron chi connectivity index (χ1n) is 19.2. The molecule has 5 aliphatic heterocycles. The molecular formula is C42H45F3N6O3. The molecule has 54 heavy (non-hydrogen) atoms. The Kier molecular flexibility index (Phi) is 8.27. The van der Waals surface area contributed by atoms with Crippen LogP contribution in [0, 0.1) is 29.9 Å². The number of pyridine rings is 1. The van der Waals surface area contributed by atoms with Crippen LogP contribution in [0.2, 0.25) is 0 Å². The Morgan fingerprint density at radius 3 is 2.70 bits per heavy atom. The van der Waals surface area contributed by atoms with Crippen molar-refractivity contribution in [3.05, 3.63) is 53.2 Å². The van der Waals surface area contributed by atoms with Gasteiger partial charge in [-0.15, -0.1) is 6.42 Å². The van der Waals surface area contributed by atoms with E-state index in [0.717, 1.165) is 32.2 Å². The summed E-state index contributed by atoms with van der Waals surface area (Å²) < 4.78 is 59.7. The second-order valence-electron chi connectivity index (χ2n) is 17.0. The van der Waals surface area contributed by atoms with Crippen molar-refractivity contribution in [2.45, 2.75) is 108 Å². The molecule has 6 atom stereocenters. The van der Waals surface area contributed by atoms with Crippen molar-refractivity contribution in [3.8, 4) is 29.6 Å². The first-order chi connectivity index (χ1) is 25.9. The van der Waals surface area contributed by atoms with Crippen LogP contribution in [0.15, 0.2) is 30.3 Å². The number of carbonyl (C=O) groups is 1. The molecule has 0 saturated carbocycles. The van der Waals surface area contributed by atoms with Gasteiger partial charge in [-0.2, -0.15) is 9.97 Å². The van der Waals surface area contributed by atoms with Crippen LogP contribution >= 0.6 is 0 Å². The number of ether oxygens (including phenoxy) is 2. The van der Waals surface area contributed by atoms with Crippen LogP contribution in [0.3, 0.4) is 0 Å². The molecule has 5 aliphatic rings. The molecule has 0 N–H and O–H groups in total. The van der Waals surface area contributed by atoms with E-state index in [1.807, 2.05) is 31.7 Å². The molecule has 2 aromatic carbocycles. The second kappa shape index (κ2) is 12.7. The lowest BCUT2D eigenvalue weighted by Gasteiger charge is -2.50. The van der Waals surface area contributed by atoms with Crippen molar-refractivity contribution in [1.29, 1.82) is 0 Å². The van der Waals surface area contributed by atoms with Crippen molar-refractivity contribution in [2.75, 3.05) is 31.1 Å². The number of terminal acetylenes is 1. The van der Waals surface area contributed by atoms with Crippen molar-refractivity contribution in [1.82, 2.24) is 24.8 Å². The SMILES string of the molecule is C#Cc1c(F)ccc2cccc(-c3nc4c5c(nc(OC[C@@]67CCCN6C[C@H](F)C7)nc5c3F)N3C[C@H]5CC[C@@H]([C@@H]3[C@@H](C)CC4)N5C(=O)OC(C)(C)C)c12. The third kappa shape index (κ3) is 5.56. The highest BCUT2D eigenvalue weighted by molar-refractivity contribution is 6.02. The van der Waals surface area contributed by atoms with E-state index in [1.165, 1.54) is 6.07 Å². The van der Waals surface area contributed by atoms with Crippen molar-refractivity contribution >= 4 is 33.6 Å². The van der Waals surface area contributed by atoms with Gasteiger partial charge in [0, 0.05) is 30.5 Å². The van der Waals surface area contributed by atoms with Crippen LogP contribution in [0.1, 0.15) is 77.5 Å². The van der Waals surface area contributed by atoms with E-state index in [9.17, 15) is 9.18 Å². The van der Waals surface area contributed by atoms with E-state index >= 15 is 8.78 Å². The summed E-state index contributed by atoms with van der Waals surface area (Å²) in [7, 11) is 0. The fraction of sp³-hybridized carbons (Fsp3) is 0.524. The Hall–Kier alpha value is -4.63. The van der Waals surface area contributed by atoms with Crippen LogP contribution in [-0.2, 0) is 11.2 Å². The van der Waals surface area contributed by atoms with Gasteiger partial charge >= 0.3 is 12.1 Å². The normalized spacial score (nSPS) is 27.8. The molecule has 4 saturated heterocycles. The predicted octanol–water partition coefficient (Wildman–Crippen LogP) is 7.60. The average molecular weight is 739 g/mol. The number of fused-ring (bicyclic) bond motifs is 7. The van der Waals surface area contributed by atoms with Crippen molar-refractivity contribution in [2.24, 2.45) is 5.92 Å². The number of nitrogens with zero attached hydrogens (tertiary/aromatic N) is 6. The van der Waals surface area contributed by atoms with Crippen LogP contribution in [-0.4, -0.2) is 92.5 Å². The lowest BCUT2D eigenvalue weighted by atomic mass is 9.85. The van der Waals surface area contributed by atoms with Gasteiger partial charge in [0.05, 0.1) is 40.3 Å². The Morgan fingerprint density at radius 2 is 1.91 bits per heavy atom. The summed E-state index contributed by atoms with van der Waals surface area (Å²) in [5.41, 5.74) is 0.00577. The minimum absolute atomic E-state index is 0.00482. The van der Waals surface area contributed by atoms with Gasteiger partial charge in [-0.3, -0.25) is 9.80 Å². The molecule has 2 bridgehead atoms. The maximum Gasteiger partial charge on any atom is 0.410 e. The molecule has 1 amide bonds. The molecule has 9 nitrogen and oxygen atoms in total. The molecular weight excluding hydrogens is 693 g/mol. The van der Waals surface area contributed by atoms with Crippen LogP contribution in [0.5, 0.6) is 6.01 Å². The number of halogens is 3. The summed E-state index contributed by atoms with van der Waals surface area (Å²) in [6, 6.07) is 7.84. The van der Waals surface area contributed by atoms with Gasteiger partial charge in [-0.1, -0.05) is 37.1 Å². The molecule has 282 valence electrons. The highest BCUT2D eigenvalue weighted by atomic mass is 19.1. The molecule has 0 aliphatic carbocycles. The molecule has 9 rings (SSSR count). The number of hydrogen-bond acceptors (Lipinski definition) is 8. The predicted molar refractivity (Wildman–Crippen MR) is 200 cm³/mol. The Bertz CT molecular complexity index is 2240. The van der Waals surface area contributed by atoms with Gasteiger partial charge in [0.25, 0.3) is 0 Å². The number of alkyl halides is 1. The number of carbonyl (C=O) groups excluding carboxylic acids is 1. The molecule has 12 heteroatoms. The number of amides is 1. The average Bonchev–Trinajstić information content (AvgIpc) is 3.76. The van der Waals surface area contributed by atoms with Gasteiger partial charge in [-0.05, 0) is 83.2 Å². The molecule has 2 aromatic heterocycles. The number of rotatable bonds is 4. The molecule has 0 radical (unpaired) electrons. The lowest BCUT2D eigenvalue weighted by Crippen LogP contribution is -2.64. The van der Waals surface area contributed by atoms with Crippen LogP contribution < -0.4 is 9.64 Å². The molecule has 4 aromatic rings. The van der Waals surface area contributed by atoms with E-state index in [-0.39, 0.29) is 59.5 Å². The minimum atomic E-state index is -0.939. The van der Waals surface area contributed by atoms with Crippen molar-refractivity contribution in [3.63, 3.8) is 0 Å². The molecule has 7 heterocycles. The minimum Gasteiger partial charge on any atom is -0.461 e. The zero-order chi connectivity index (χ0) is 37.7. The monoisotopic (exact) mass is 738 g/mol. The third-order valence-electron chi connectivity index (χ3n) is 12.4. The van der Waals surface area contributed by atoms with E-state index < -0.39 is 28.9 Å². The zero-order valence-electron chi connectivity index (χ0n) is 31.2. The number of anilines is 1. The number of hydrogen-bond donors (Lipinski definition) is 0. The summed E-state index contributed by atoms with van der Waals surface area (Å²) in [6.45, 7) is 9.62. The molecule has 4 fully saturated rings. The number of aromatic nitrogens is 3. The first kappa shape index (κ1) is 35.1. The summed E-state index contributed by atoms with van der Waals surface area (Å²) in [4.78, 5) is 34.8. The highest BCUT2D eigenvalue weighted by Gasteiger charge is 2.53. The Balaban J connectivity index is 1.22. The maximum atomic E-state index is 17.5. The summed E-state index contributed by atoms with van der Waals surface area (Å²) in [6.07, 6.45) is 9.48. The largest absolute Gasteiger partial charge is 0.461 e. The highest BCUT2D eigenvalue weighted by Crippen LogP contribution is 2.47. The standard InChI is InChI=1S/C42H45F3N6O3/c1-6-27-29(44)14-12-24-9-7-10-28(32(24)27)35-34(45)36-33-30(46-35)15-11-23(2)37-31-16-13-26(51(31)40(52)54-41(3,4)5)21-50(37)38(33)48-39(47-36)53-22-42-17-8-18-49(42)20-25(43)19-42/h1,7,9-10,12,14,23,25-26,31,37H,8,11,13,15-22H2,2-5H3/t23-,25+,26+,31-,37-,42-/m0/s1. The lowest BCUT2D eigenvalue weighted by molar-refractivity contribution is 0.00450. The van der Waals surface area contributed by atoms with Gasteiger partial charge in [0.1, 0.15) is 41.2 Å². The number of benzene rings is 2. The van der Waals surface area contributed by atoms with Gasteiger partial charge in [-0.25, -0.2) is 22.9 Å². The maximum absolute atomic E-state index is 17.5. The summed E-state index contributed by atoms with van der Waals surface area (Å²) >= 11 is 0. The molecule has 0 unspecified atom stereocenters. The Labute approximate surface area is 313 Å². The fourth-order valence-electron chi connectivity index (χ4n) is 10.2. The van der Waals surface area contributed by atoms with Crippen LogP contribution in [0.25, 0.3) is 32.9 Å². The second-order valence-corrected chi connectivity index (χ2v) is 17.0. The summed E-state index contributed by atoms with van der Waals surface area (Å²) in [5.74, 6) is 1.82. The van der Waals surface area contributed by atoms with Gasteiger partial charge < -0.3 is 14.4 Å². The zero-order valence-corrected chi connectivity index (χ0v) is 31.2. The smallest absolute Gasteiger partial charge is 0.410 e. The number of piperazine rings is 1. The van der Waals surface area contributed by atoms with Gasteiger partial charge in [0.15, 0.2) is 5.82 Å². The molecule has 0 spiro atoms. The van der Waals surface area contributed by atoms with E-state index in [4.69, 9.17) is 30.8 Å². The van der Waals surface area contributed by atoms with Crippen LogP contribution in [0.4, 0.5) is 23.8 Å². The quantitative estimate of drug-likeness (QED) is 0.198. The Morgan fingerprint density at radius 1 is 1.07 bits per heavy atom. The van der Waals surface area contributed by atoms with E-state index in [2.05, 4.69) is 22.6 Å². The van der Waals surface area contributed by atoms with E-state index in [1.54, 1.807) is 18.2 Å². The summed E-state index contributed by atoms with van der Waals surface area (Å²) in [5, 5.41) is 1.57. The number of aryl methyl sites for hydroxylation is 1. The topological polar surface area (TPSA) is 83.9 Å². The fourth-order valence-corrected chi connectivity index (χ4v) is 10.2. The first-order valence-corrected chi connectivity index (χ1v) is 19.2. The van der Waals surface area contributed by atoms with Gasteiger partial charge in [0.2, 0.25) is 0 Å². The third-order valence-corrected chi connectivity index (χ3v) is 12.4.